The predicted molar refractivity (Wildman–Crippen MR) is 69.5 cm³/mol. The highest BCUT2D eigenvalue weighted by Crippen LogP contribution is 2.15. The zero-order valence-electron chi connectivity index (χ0n) is 10.2. The summed E-state index contributed by atoms with van der Waals surface area (Å²) in [6.45, 7) is 0.391. The van der Waals surface area contributed by atoms with Crippen LogP contribution in [0.3, 0.4) is 0 Å². The van der Waals surface area contributed by atoms with E-state index in [0.717, 1.165) is 0 Å². The minimum Gasteiger partial charge on any atom is -0.443 e. The zero-order chi connectivity index (χ0) is 14.0. The first-order valence-corrected chi connectivity index (χ1v) is 7.41. The fraction of sp³-hybridized carbons (Fsp3) is 0.364. The summed E-state index contributed by atoms with van der Waals surface area (Å²) in [5.41, 5.74) is 0. The molecule has 19 heavy (non-hydrogen) atoms. The van der Waals surface area contributed by atoms with Crippen LogP contribution in [0.25, 0.3) is 0 Å². The Hall–Kier alpha value is -1.31. The molecule has 2 rings (SSSR count). The Bertz CT molecular complexity index is 590. The monoisotopic (exact) mass is 304 g/mol. The summed E-state index contributed by atoms with van der Waals surface area (Å²) in [7, 11) is -2.06. The number of benzene rings is 1. The van der Waals surface area contributed by atoms with Crippen molar-refractivity contribution in [1.82, 2.24) is 9.62 Å². The van der Waals surface area contributed by atoms with Gasteiger partial charge in [0.1, 0.15) is 6.10 Å². The van der Waals surface area contributed by atoms with Crippen molar-refractivity contribution < 1.29 is 17.9 Å². The van der Waals surface area contributed by atoms with Crippen molar-refractivity contribution in [3.05, 3.63) is 29.3 Å². The molecule has 0 aliphatic carbocycles. The summed E-state index contributed by atoms with van der Waals surface area (Å²) < 4.78 is 31.3. The molecule has 1 heterocycles. The van der Waals surface area contributed by atoms with E-state index in [-0.39, 0.29) is 11.4 Å². The molecule has 1 aromatic rings. The number of rotatable bonds is 4. The lowest BCUT2D eigenvalue weighted by atomic mass is 10.4. The largest absolute Gasteiger partial charge is 0.443 e. The summed E-state index contributed by atoms with van der Waals surface area (Å²) in [5.74, 6) is 0. The minimum absolute atomic E-state index is 0.0327. The number of carbonyl (C=O) groups is 1. The maximum atomic E-state index is 12.0. The van der Waals surface area contributed by atoms with Gasteiger partial charge >= 0.3 is 6.09 Å². The van der Waals surface area contributed by atoms with Gasteiger partial charge in [0.2, 0.25) is 10.0 Å². The Morgan fingerprint density at radius 1 is 1.53 bits per heavy atom. The van der Waals surface area contributed by atoms with Crippen LogP contribution in [0.2, 0.25) is 5.02 Å². The molecule has 8 heteroatoms. The molecular weight excluding hydrogens is 292 g/mol. The van der Waals surface area contributed by atoms with Crippen LogP contribution < -0.4 is 4.72 Å². The number of ether oxygens (including phenoxy) is 1. The highest BCUT2D eigenvalue weighted by molar-refractivity contribution is 7.89. The third-order valence-corrected chi connectivity index (χ3v) is 4.32. The molecule has 0 aromatic heterocycles. The van der Waals surface area contributed by atoms with E-state index in [4.69, 9.17) is 16.3 Å². The number of sulfonamides is 1. The SMILES string of the molecule is CN1CC(CNS(=O)(=O)c2cccc(Cl)c2)OC1=O. The first-order valence-electron chi connectivity index (χ1n) is 5.55. The first-order chi connectivity index (χ1) is 8.88. The second-order valence-electron chi connectivity index (χ2n) is 4.20. The van der Waals surface area contributed by atoms with Crippen molar-refractivity contribution >= 4 is 27.7 Å². The lowest BCUT2D eigenvalue weighted by molar-refractivity contribution is 0.135. The van der Waals surface area contributed by atoms with E-state index < -0.39 is 22.2 Å². The van der Waals surface area contributed by atoms with Crippen LogP contribution in [0.1, 0.15) is 0 Å². The average molecular weight is 305 g/mol. The second-order valence-corrected chi connectivity index (χ2v) is 6.40. The molecule has 1 amide bonds. The molecular formula is C11H13ClN2O4S. The molecule has 1 unspecified atom stereocenters. The Kier molecular flexibility index (Phi) is 3.98. The molecule has 104 valence electrons. The van der Waals surface area contributed by atoms with Gasteiger partial charge in [-0.25, -0.2) is 17.9 Å². The maximum Gasteiger partial charge on any atom is 0.410 e. The van der Waals surface area contributed by atoms with Gasteiger partial charge in [-0.1, -0.05) is 17.7 Å². The minimum atomic E-state index is -3.65. The molecule has 0 saturated carbocycles. The van der Waals surface area contributed by atoms with Crippen LogP contribution in [0.15, 0.2) is 29.2 Å². The quantitative estimate of drug-likeness (QED) is 0.903. The van der Waals surface area contributed by atoms with Gasteiger partial charge in [-0.3, -0.25) is 0 Å². The smallest absolute Gasteiger partial charge is 0.410 e. The van der Waals surface area contributed by atoms with Gasteiger partial charge in [0.25, 0.3) is 0 Å². The van der Waals surface area contributed by atoms with Crippen molar-refractivity contribution in [3.63, 3.8) is 0 Å². The number of halogens is 1. The molecule has 6 nitrogen and oxygen atoms in total. The van der Waals surface area contributed by atoms with Crippen LogP contribution in [-0.4, -0.2) is 45.7 Å². The number of nitrogens with one attached hydrogen (secondary N) is 1. The molecule has 1 fully saturated rings. The lowest BCUT2D eigenvalue weighted by Crippen LogP contribution is -2.34. The van der Waals surface area contributed by atoms with E-state index in [2.05, 4.69) is 4.72 Å². The van der Waals surface area contributed by atoms with Gasteiger partial charge in [0.15, 0.2) is 0 Å². The Morgan fingerprint density at radius 3 is 2.84 bits per heavy atom. The van der Waals surface area contributed by atoms with Crippen LogP contribution in [0.5, 0.6) is 0 Å². The number of hydrogen-bond donors (Lipinski definition) is 1. The number of amides is 1. The van der Waals surface area contributed by atoms with E-state index in [1.165, 1.54) is 17.0 Å². The summed E-state index contributed by atoms with van der Waals surface area (Å²) >= 11 is 5.75. The van der Waals surface area contributed by atoms with Crippen LogP contribution >= 0.6 is 11.6 Å². The van der Waals surface area contributed by atoms with E-state index in [1.807, 2.05) is 0 Å². The normalized spacial score (nSPS) is 19.6. The first kappa shape index (κ1) is 14.1. The topological polar surface area (TPSA) is 75.7 Å². The molecule has 1 aliphatic rings. The summed E-state index contributed by atoms with van der Waals surface area (Å²) in [6, 6.07) is 5.95. The zero-order valence-corrected chi connectivity index (χ0v) is 11.7. The average Bonchev–Trinajstić information content (AvgIpc) is 2.67. The predicted octanol–water partition coefficient (Wildman–Crippen LogP) is 1.07. The number of likely N-dealkylation sites (N-methyl/N-ethyl adjacent to an activating group) is 1. The van der Waals surface area contributed by atoms with Crippen molar-refractivity contribution in [2.75, 3.05) is 20.1 Å². The molecule has 0 spiro atoms. The summed E-state index contributed by atoms with van der Waals surface area (Å²) in [4.78, 5) is 12.6. The van der Waals surface area contributed by atoms with Gasteiger partial charge in [-0.05, 0) is 18.2 Å². The summed E-state index contributed by atoms with van der Waals surface area (Å²) in [5, 5.41) is 0.343. The molecule has 1 N–H and O–H groups in total. The number of carbonyl (C=O) groups excluding carboxylic acids is 1. The lowest BCUT2D eigenvalue weighted by Gasteiger charge is -2.10. The van der Waals surface area contributed by atoms with Crippen LogP contribution in [0, 0.1) is 0 Å². The van der Waals surface area contributed by atoms with E-state index >= 15 is 0 Å². The van der Waals surface area contributed by atoms with Crippen molar-refractivity contribution in [2.24, 2.45) is 0 Å². The van der Waals surface area contributed by atoms with Gasteiger partial charge in [0, 0.05) is 18.6 Å². The van der Waals surface area contributed by atoms with Crippen molar-refractivity contribution in [2.45, 2.75) is 11.0 Å². The molecule has 0 radical (unpaired) electrons. The molecule has 0 bridgehead atoms. The Morgan fingerprint density at radius 2 is 2.26 bits per heavy atom. The van der Waals surface area contributed by atoms with Gasteiger partial charge in [-0.15, -0.1) is 0 Å². The highest BCUT2D eigenvalue weighted by atomic mass is 35.5. The molecule has 1 atom stereocenters. The third kappa shape index (κ3) is 3.37. The second kappa shape index (κ2) is 5.36. The van der Waals surface area contributed by atoms with Crippen molar-refractivity contribution in [3.8, 4) is 0 Å². The highest BCUT2D eigenvalue weighted by Gasteiger charge is 2.29. The Balaban J connectivity index is 2.01. The number of cyclic esters (lactones) is 1. The van der Waals surface area contributed by atoms with Crippen LogP contribution in [0.4, 0.5) is 4.79 Å². The van der Waals surface area contributed by atoms with Crippen LogP contribution in [-0.2, 0) is 14.8 Å². The third-order valence-electron chi connectivity index (χ3n) is 2.66. The molecule has 1 aliphatic heterocycles. The Labute approximate surface area is 116 Å². The fourth-order valence-electron chi connectivity index (χ4n) is 1.68. The molecule has 1 aromatic carbocycles. The fourth-order valence-corrected chi connectivity index (χ4v) is 3.04. The van der Waals surface area contributed by atoms with Gasteiger partial charge in [-0.2, -0.15) is 0 Å². The molecule has 1 saturated heterocycles. The number of nitrogens with zero attached hydrogens (tertiary/aromatic N) is 1. The van der Waals surface area contributed by atoms with Crippen molar-refractivity contribution in [1.29, 1.82) is 0 Å². The van der Waals surface area contributed by atoms with E-state index in [1.54, 1.807) is 19.2 Å². The standard InChI is InChI=1S/C11H13ClN2O4S/c1-14-7-9(18-11(14)15)6-13-19(16,17)10-4-2-3-8(12)5-10/h2-5,9,13H,6-7H2,1H3. The van der Waals surface area contributed by atoms with Gasteiger partial charge < -0.3 is 9.64 Å². The van der Waals surface area contributed by atoms with E-state index in [0.29, 0.717) is 11.6 Å². The van der Waals surface area contributed by atoms with Gasteiger partial charge in [0.05, 0.1) is 11.4 Å². The number of hydrogen-bond acceptors (Lipinski definition) is 4. The summed E-state index contributed by atoms with van der Waals surface area (Å²) in [6.07, 6.45) is -0.932. The maximum absolute atomic E-state index is 12.0. The van der Waals surface area contributed by atoms with E-state index in [9.17, 15) is 13.2 Å².